The molecule has 0 saturated carbocycles. The highest BCUT2D eigenvalue weighted by Crippen LogP contribution is 2.32. The second-order valence-electron chi connectivity index (χ2n) is 15.4. The Bertz CT molecular complexity index is 2020. The van der Waals surface area contributed by atoms with Gasteiger partial charge < -0.3 is 38.9 Å². The Morgan fingerprint density at radius 3 is 2.05 bits per heavy atom. The van der Waals surface area contributed by atoms with Crippen molar-refractivity contribution in [2.24, 2.45) is 0 Å². The van der Waals surface area contributed by atoms with Crippen LogP contribution < -0.4 is 24.2 Å². The van der Waals surface area contributed by atoms with Gasteiger partial charge in [0.2, 0.25) is 5.95 Å². The van der Waals surface area contributed by atoms with Crippen molar-refractivity contribution in [3.63, 3.8) is 0 Å². The van der Waals surface area contributed by atoms with Gasteiger partial charge in [-0.1, -0.05) is 49.7 Å². The van der Waals surface area contributed by atoms with Gasteiger partial charge in [-0.15, -0.1) is 5.10 Å². The van der Waals surface area contributed by atoms with E-state index in [1.165, 1.54) is 0 Å². The SMILES string of the molecule is CCCCN(C)c1nc(N(Cc2ccc(OC)cc2)Cc2ccc(OC)cc2)c2ncc(C(O)c3ccc(N4CCN(C(=O)OC(C)(C)C)CC4)c(C)c3)n2n1. The molecule has 298 valence electrons. The average molecular weight is 765 g/mol. The Morgan fingerprint density at radius 1 is 0.911 bits per heavy atom. The maximum absolute atomic E-state index is 12.6. The lowest BCUT2D eigenvalue weighted by atomic mass is 10.0. The largest absolute Gasteiger partial charge is 0.497 e. The molecule has 3 heterocycles. The molecule has 1 aliphatic heterocycles. The van der Waals surface area contributed by atoms with Crippen LogP contribution in [0.15, 0.2) is 72.9 Å². The molecule has 1 saturated heterocycles. The summed E-state index contributed by atoms with van der Waals surface area (Å²) in [6, 6.07) is 22.1. The van der Waals surface area contributed by atoms with Gasteiger partial charge in [0.25, 0.3) is 0 Å². The lowest BCUT2D eigenvalue weighted by molar-refractivity contribution is 0.0240. The number of rotatable bonds is 14. The Balaban J connectivity index is 1.33. The molecule has 2 aromatic heterocycles. The van der Waals surface area contributed by atoms with Gasteiger partial charge in [-0.2, -0.15) is 4.98 Å². The highest BCUT2D eigenvalue weighted by atomic mass is 16.6. The normalized spacial score (nSPS) is 13.8. The van der Waals surface area contributed by atoms with E-state index in [1.807, 2.05) is 64.2 Å². The number of amides is 1. The van der Waals surface area contributed by atoms with Crippen LogP contribution in [0, 0.1) is 6.92 Å². The summed E-state index contributed by atoms with van der Waals surface area (Å²) in [5, 5.41) is 17.0. The van der Waals surface area contributed by atoms with Gasteiger partial charge in [-0.05, 0) is 86.7 Å². The third-order valence-corrected chi connectivity index (χ3v) is 10.0. The summed E-state index contributed by atoms with van der Waals surface area (Å²) >= 11 is 0. The van der Waals surface area contributed by atoms with Crippen molar-refractivity contribution in [1.82, 2.24) is 24.5 Å². The molecule has 0 bridgehead atoms. The van der Waals surface area contributed by atoms with Crippen molar-refractivity contribution in [2.45, 2.75) is 72.3 Å². The van der Waals surface area contributed by atoms with Crippen LogP contribution in [0.25, 0.3) is 5.65 Å². The van der Waals surface area contributed by atoms with Gasteiger partial charge in [0, 0.05) is 58.5 Å². The van der Waals surface area contributed by atoms with Crippen LogP contribution in [-0.4, -0.2) is 95.3 Å². The molecule has 6 rings (SSSR count). The Labute approximate surface area is 330 Å². The third kappa shape index (κ3) is 9.44. The van der Waals surface area contributed by atoms with Gasteiger partial charge in [0.15, 0.2) is 11.5 Å². The van der Waals surface area contributed by atoms with Crippen LogP contribution >= 0.6 is 0 Å². The number of imidazole rings is 1. The molecule has 3 aromatic carbocycles. The average Bonchev–Trinajstić information content (AvgIpc) is 3.63. The number of methoxy groups -OCH3 is 2. The molecular formula is C43H56N8O5. The van der Waals surface area contributed by atoms with E-state index in [2.05, 4.69) is 58.9 Å². The Morgan fingerprint density at radius 2 is 1.52 bits per heavy atom. The first-order valence-corrected chi connectivity index (χ1v) is 19.4. The molecule has 1 aliphatic rings. The molecule has 1 atom stereocenters. The Hall–Kier alpha value is -5.56. The van der Waals surface area contributed by atoms with Crippen LogP contribution in [0.2, 0.25) is 0 Å². The van der Waals surface area contributed by atoms with E-state index in [9.17, 15) is 9.90 Å². The number of nitrogens with zero attached hydrogens (tertiary/aromatic N) is 8. The van der Waals surface area contributed by atoms with Crippen molar-refractivity contribution < 1.29 is 24.1 Å². The summed E-state index contributed by atoms with van der Waals surface area (Å²) < 4.78 is 18.2. The topological polar surface area (TPSA) is 121 Å². The fraction of sp³-hybridized carbons (Fsp3) is 0.442. The first kappa shape index (κ1) is 40.1. The van der Waals surface area contributed by atoms with Gasteiger partial charge >= 0.3 is 6.09 Å². The molecule has 1 N–H and O–H groups in total. The van der Waals surface area contributed by atoms with Crippen LogP contribution in [0.5, 0.6) is 11.5 Å². The number of piperazine rings is 1. The summed E-state index contributed by atoms with van der Waals surface area (Å²) in [6.45, 7) is 14.2. The van der Waals surface area contributed by atoms with Crippen LogP contribution in [0.1, 0.15) is 74.6 Å². The minimum atomic E-state index is -1.00. The summed E-state index contributed by atoms with van der Waals surface area (Å²) in [7, 11) is 5.33. The first-order valence-electron chi connectivity index (χ1n) is 19.4. The van der Waals surface area contributed by atoms with Gasteiger partial charge in [0.05, 0.1) is 26.1 Å². The lowest BCUT2D eigenvalue weighted by Gasteiger charge is -2.37. The van der Waals surface area contributed by atoms with E-state index in [1.54, 1.807) is 29.8 Å². The highest BCUT2D eigenvalue weighted by molar-refractivity contribution is 5.69. The fourth-order valence-electron chi connectivity index (χ4n) is 6.87. The number of benzene rings is 3. The number of aryl methyl sites for hydroxylation is 1. The van der Waals surface area contributed by atoms with E-state index in [0.29, 0.717) is 62.4 Å². The summed E-state index contributed by atoms with van der Waals surface area (Å²) in [5.41, 5.74) is 5.54. The van der Waals surface area contributed by atoms with Crippen molar-refractivity contribution in [3.8, 4) is 11.5 Å². The molecule has 13 nitrogen and oxygen atoms in total. The number of aromatic nitrogens is 4. The molecule has 1 amide bonds. The molecule has 5 aromatic rings. The maximum Gasteiger partial charge on any atom is 0.410 e. The monoisotopic (exact) mass is 764 g/mol. The van der Waals surface area contributed by atoms with Crippen LogP contribution in [0.4, 0.5) is 22.2 Å². The molecule has 1 unspecified atom stereocenters. The van der Waals surface area contributed by atoms with Gasteiger partial charge in [-0.3, -0.25) is 0 Å². The standard InChI is InChI=1S/C43H56N8O5/c1-9-10-21-47(6)41-45-40(50(28-31-11-16-34(54-7)17-12-31)29-32-13-18-35(55-8)19-14-32)39-44-27-37(51(39)46-41)38(52)33-15-20-36(30(2)26-33)48-22-24-49(25-23-48)42(53)56-43(3,4)5/h11-20,26-27,38,52H,9-10,21-25,28-29H2,1-8H3. The number of carbonyl (C=O) groups is 1. The molecule has 13 heteroatoms. The molecule has 56 heavy (non-hydrogen) atoms. The van der Waals surface area contributed by atoms with Crippen molar-refractivity contribution in [1.29, 1.82) is 0 Å². The molecule has 1 fully saturated rings. The fourth-order valence-corrected chi connectivity index (χ4v) is 6.87. The smallest absolute Gasteiger partial charge is 0.410 e. The van der Waals surface area contributed by atoms with Gasteiger partial charge in [-0.25, -0.2) is 14.3 Å². The second kappa shape index (κ2) is 17.5. The zero-order valence-corrected chi connectivity index (χ0v) is 34.0. The highest BCUT2D eigenvalue weighted by Gasteiger charge is 2.28. The van der Waals surface area contributed by atoms with Crippen molar-refractivity contribution >= 4 is 29.2 Å². The zero-order chi connectivity index (χ0) is 40.0. The zero-order valence-electron chi connectivity index (χ0n) is 34.0. The quantitative estimate of drug-likeness (QED) is 0.126. The van der Waals surface area contributed by atoms with Crippen molar-refractivity contribution in [3.05, 3.63) is 101 Å². The molecule has 0 radical (unpaired) electrons. The number of carbonyl (C=O) groups excluding carboxylic acids is 1. The number of hydrogen-bond donors (Lipinski definition) is 1. The maximum atomic E-state index is 12.6. The second-order valence-corrected chi connectivity index (χ2v) is 15.4. The van der Waals surface area contributed by atoms with E-state index in [4.69, 9.17) is 29.3 Å². The predicted octanol–water partition coefficient (Wildman–Crippen LogP) is 7.03. The van der Waals surface area contributed by atoms with E-state index in [-0.39, 0.29) is 6.09 Å². The number of ether oxygens (including phenoxy) is 3. The van der Waals surface area contributed by atoms with Crippen molar-refractivity contribution in [2.75, 3.05) is 68.7 Å². The minimum Gasteiger partial charge on any atom is -0.497 e. The first-order chi connectivity index (χ1) is 26.9. The Kier molecular flexibility index (Phi) is 12.5. The van der Waals surface area contributed by atoms with E-state index >= 15 is 0 Å². The number of fused-ring (bicyclic) bond motifs is 1. The number of aliphatic hydroxyl groups is 1. The lowest BCUT2D eigenvalue weighted by Crippen LogP contribution is -2.50. The number of aliphatic hydroxyl groups excluding tert-OH is 1. The number of unbranched alkanes of at least 4 members (excludes halogenated alkanes) is 1. The number of anilines is 3. The molecular weight excluding hydrogens is 709 g/mol. The molecule has 0 spiro atoms. The van der Waals surface area contributed by atoms with E-state index < -0.39 is 11.7 Å². The summed E-state index contributed by atoms with van der Waals surface area (Å²) in [5.74, 6) is 2.77. The van der Waals surface area contributed by atoms with E-state index in [0.717, 1.165) is 58.8 Å². The van der Waals surface area contributed by atoms with Crippen LogP contribution in [-0.2, 0) is 17.8 Å². The summed E-state index contributed by atoms with van der Waals surface area (Å²) in [6.07, 6.45) is 2.43. The molecule has 0 aliphatic carbocycles. The third-order valence-electron chi connectivity index (χ3n) is 10.0. The number of hydrogen-bond acceptors (Lipinski definition) is 11. The van der Waals surface area contributed by atoms with Crippen LogP contribution in [0.3, 0.4) is 0 Å². The minimum absolute atomic E-state index is 0.281. The predicted molar refractivity (Wildman–Crippen MR) is 220 cm³/mol. The summed E-state index contributed by atoms with van der Waals surface area (Å²) in [4.78, 5) is 31.0. The van der Waals surface area contributed by atoms with Gasteiger partial charge in [0.1, 0.15) is 23.2 Å².